The van der Waals surface area contributed by atoms with Crippen LogP contribution in [-0.2, 0) is 11.3 Å². The number of hydrogen-bond acceptors (Lipinski definition) is 5. The summed E-state index contributed by atoms with van der Waals surface area (Å²) in [6, 6.07) is 3.54. The van der Waals surface area contributed by atoms with Crippen LogP contribution in [0, 0.1) is 18.6 Å². The lowest BCUT2D eigenvalue weighted by molar-refractivity contribution is 0.0556. The van der Waals surface area contributed by atoms with Crippen LogP contribution in [0.25, 0.3) is 0 Å². The molecule has 1 heterocycles. The average Bonchev–Trinajstić information content (AvgIpc) is 2.80. The number of rotatable bonds is 4. The van der Waals surface area contributed by atoms with E-state index in [1.54, 1.807) is 6.92 Å². The monoisotopic (exact) mass is 282 g/mol. The summed E-state index contributed by atoms with van der Waals surface area (Å²) in [6.07, 6.45) is 0. The maximum Gasteiger partial charge on any atom is 0.379 e. The predicted octanol–water partition coefficient (Wildman–Crippen LogP) is 2.66. The van der Waals surface area contributed by atoms with Crippen LogP contribution in [0.2, 0.25) is 0 Å². The Kier molecular flexibility index (Phi) is 3.97. The maximum absolute atomic E-state index is 13.1. The van der Waals surface area contributed by atoms with Crippen molar-refractivity contribution in [3.05, 3.63) is 46.9 Å². The molecule has 0 aliphatic heterocycles. The fourth-order valence-electron chi connectivity index (χ4n) is 1.65. The van der Waals surface area contributed by atoms with Gasteiger partial charge in [-0.05, 0) is 24.6 Å². The summed E-state index contributed by atoms with van der Waals surface area (Å²) in [5.41, 5.74) is 1.34. The zero-order chi connectivity index (χ0) is 14.7. The zero-order valence-corrected chi connectivity index (χ0v) is 10.9. The second-order valence-corrected chi connectivity index (χ2v) is 4.07. The van der Waals surface area contributed by atoms with Crippen molar-refractivity contribution in [2.24, 2.45) is 0 Å². The Morgan fingerprint density at radius 2 is 2.15 bits per heavy atom. The smallest absolute Gasteiger partial charge is 0.379 e. The lowest BCUT2D eigenvalue weighted by Crippen LogP contribution is -2.07. The third kappa shape index (κ3) is 2.76. The van der Waals surface area contributed by atoms with E-state index in [-0.39, 0.29) is 12.3 Å². The lowest BCUT2D eigenvalue weighted by atomic mass is 10.2. The van der Waals surface area contributed by atoms with Crippen molar-refractivity contribution in [1.29, 1.82) is 0 Å². The summed E-state index contributed by atoms with van der Waals surface area (Å²) in [5.74, 6) is -2.57. The molecule has 5 nitrogen and oxygen atoms in total. The number of anilines is 1. The molecule has 1 aromatic heterocycles. The van der Waals surface area contributed by atoms with Crippen LogP contribution in [0.5, 0.6) is 0 Å². The first-order valence-corrected chi connectivity index (χ1v) is 5.75. The molecule has 2 rings (SSSR count). The van der Waals surface area contributed by atoms with E-state index in [1.807, 2.05) is 0 Å². The van der Waals surface area contributed by atoms with Crippen molar-refractivity contribution in [3.8, 4) is 0 Å². The Bertz CT molecular complexity index is 641. The Morgan fingerprint density at radius 3 is 2.80 bits per heavy atom. The number of hydrogen-bond donors (Lipinski definition) is 1. The number of halogens is 2. The van der Waals surface area contributed by atoms with Gasteiger partial charge in [0.05, 0.1) is 7.11 Å². The van der Waals surface area contributed by atoms with Gasteiger partial charge in [0.2, 0.25) is 0 Å². The van der Waals surface area contributed by atoms with Crippen LogP contribution in [0.3, 0.4) is 0 Å². The van der Waals surface area contributed by atoms with Gasteiger partial charge in [0, 0.05) is 6.54 Å². The molecule has 20 heavy (non-hydrogen) atoms. The molecule has 0 spiro atoms. The van der Waals surface area contributed by atoms with E-state index in [0.29, 0.717) is 16.9 Å². The van der Waals surface area contributed by atoms with E-state index in [4.69, 9.17) is 4.52 Å². The molecule has 1 aromatic carbocycles. The molecule has 1 N–H and O–H groups in total. The molecule has 7 heteroatoms. The first-order valence-electron chi connectivity index (χ1n) is 5.75. The van der Waals surface area contributed by atoms with Gasteiger partial charge in [-0.25, -0.2) is 13.6 Å². The molecule has 0 unspecified atom stereocenters. The summed E-state index contributed by atoms with van der Waals surface area (Å²) in [5, 5.41) is 6.55. The minimum Gasteiger partial charge on any atom is -0.463 e. The molecule has 0 aliphatic rings. The number of carbonyl (C=O) groups is 1. The Labute approximate surface area is 113 Å². The molecule has 0 radical (unpaired) electrons. The van der Waals surface area contributed by atoms with E-state index in [2.05, 4.69) is 15.2 Å². The second-order valence-electron chi connectivity index (χ2n) is 4.07. The first kappa shape index (κ1) is 14.0. The fraction of sp³-hybridized carbons (Fsp3) is 0.231. The number of methoxy groups -OCH3 is 1. The number of esters is 1. The molecule has 0 atom stereocenters. The van der Waals surface area contributed by atoms with Gasteiger partial charge in [-0.15, -0.1) is 0 Å². The van der Waals surface area contributed by atoms with Crippen LogP contribution < -0.4 is 5.32 Å². The molecular formula is C13H12F2N2O3. The number of aryl methyl sites for hydroxylation is 1. The molecule has 0 amide bonds. The van der Waals surface area contributed by atoms with Crippen LogP contribution in [0.15, 0.2) is 22.7 Å². The SMILES string of the molecule is COC(=O)c1onc(C)c1NCc1ccc(F)c(F)c1. The molecule has 0 aliphatic carbocycles. The van der Waals surface area contributed by atoms with Gasteiger partial charge in [0.1, 0.15) is 11.4 Å². The van der Waals surface area contributed by atoms with Crippen molar-refractivity contribution < 1.29 is 22.8 Å². The van der Waals surface area contributed by atoms with Crippen molar-refractivity contribution >= 4 is 11.7 Å². The molecule has 2 aromatic rings. The van der Waals surface area contributed by atoms with Crippen molar-refractivity contribution in [3.63, 3.8) is 0 Å². The minimum atomic E-state index is -0.931. The molecule has 0 fully saturated rings. The predicted molar refractivity (Wildman–Crippen MR) is 66.3 cm³/mol. The van der Waals surface area contributed by atoms with Gasteiger partial charge >= 0.3 is 5.97 Å². The third-order valence-corrected chi connectivity index (χ3v) is 2.69. The molecule has 0 saturated heterocycles. The molecule has 0 saturated carbocycles. The summed E-state index contributed by atoms with van der Waals surface area (Å²) >= 11 is 0. The second kappa shape index (κ2) is 5.68. The topological polar surface area (TPSA) is 64.4 Å². The normalized spacial score (nSPS) is 10.4. The number of nitrogens with one attached hydrogen (secondary N) is 1. The first-order chi connectivity index (χ1) is 9.52. The largest absolute Gasteiger partial charge is 0.463 e. The Hall–Kier alpha value is -2.44. The van der Waals surface area contributed by atoms with E-state index >= 15 is 0 Å². The van der Waals surface area contributed by atoms with Gasteiger partial charge in [0.15, 0.2) is 11.6 Å². The standard InChI is InChI=1S/C13H12F2N2O3/c1-7-11(12(20-17-7)13(18)19-2)16-6-8-3-4-9(14)10(15)5-8/h3-5,16H,6H2,1-2H3. The lowest BCUT2D eigenvalue weighted by Gasteiger charge is -2.06. The van der Waals surface area contributed by atoms with E-state index in [1.165, 1.54) is 13.2 Å². The maximum atomic E-state index is 13.1. The highest BCUT2D eigenvalue weighted by Crippen LogP contribution is 2.22. The minimum absolute atomic E-state index is 0.0624. The quantitative estimate of drug-likeness (QED) is 0.873. The van der Waals surface area contributed by atoms with Crippen molar-refractivity contribution in [1.82, 2.24) is 5.16 Å². The molecule has 0 bridgehead atoms. The highest BCUT2D eigenvalue weighted by molar-refractivity contribution is 5.92. The summed E-state index contributed by atoms with van der Waals surface area (Å²) < 4.78 is 35.3. The zero-order valence-electron chi connectivity index (χ0n) is 10.9. The number of nitrogens with zero attached hydrogens (tertiary/aromatic N) is 1. The molecular weight excluding hydrogens is 270 g/mol. The summed E-state index contributed by atoms with van der Waals surface area (Å²) in [4.78, 5) is 11.5. The van der Waals surface area contributed by atoms with E-state index in [9.17, 15) is 13.6 Å². The van der Waals surface area contributed by atoms with Gasteiger partial charge in [-0.2, -0.15) is 0 Å². The highest BCUT2D eigenvalue weighted by Gasteiger charge is 2.20. The fourth-order valence-corrected chi connectivity index (χ4v) is 1.65. The Morgan fingerprint density at radius 1 is 1.40 bits per heavy atom. The van der Waals surface area contributed by atoms with Crippen LogP contribution in [0.1, 0.15) is 21.8 Å². The highest BCUT2D eigenvalue weighted by atomic mass is 19.2. The number of aromatic nitrogens is 1. The van der Waals surface area contributed by atoms with Gasteiger partial charge in [0.25, 0.3) is 5.76 Å². The van der Waals surface area contributed by atoms with Gasteiger partial charge < -0.3 is 14.6 Å². The summed E-state index contributed by atoms with van der Waals surface area (Å²) in [6.45, 7) is 1.83. The van der Waals surface area contributed by atoms with E-state index in [0.717, 1.165) is 12.1 Å². The Balaban J connectivity index is 2.16. The summed E-state index contributed by atoms with van der Waals surface area (Å²) in [7, 11) is 1.22. The van der Waals surface area contributed by atoms with E-state index < -0.39 is 17.6 Å². The number of benzene rings is 1. The van der Waals surface area contributed by atoms with Crippen molar-refractivity contribution in [2.45, 2.75) is 13.5 Å². The number of carbonyl (C=O) groups excluding carboxylic acids is 1. The van der Waals surface area contributed by atoms with Crippen molar-refractivity contribution in [2.75, 3.05) is 12.4 Å². The average molecular weight is 282 g/mol. The third-order valence-electron chi connectivity index (χ3n) is 2.69. The van der Waals surface area contributed by atoms with Crippen LogP contribution >= 0.6 is 0 Å². The van der Waals surface area contributed by atoms with Gasteiger partial charge in [-0.1, -0.05) is 11.2 Å². The number of ether oxygens (including phenoxy) is 1. The van der Waals surface area contributed by atoms with Gasteiger partial charge in [-0.3, -0.25) is 0 Å². The molecule has 106 valence electrons. The van der Waals surface area contributed by atoms with Crippen LogP contribution in [0.4, 0.5) is 14.5 Å². The van der Waals surface area contributed by atoms with Crippen LogP contribution in [-0.4, -0.2) is 18.2 Å².